The molecular weight excluding hydrogens is 336 g/mol. The van der Waals surface area contributed by atoms with Gasteiger partial charge in [0.05, 0.1) is 10.6 Å². The fourth-order valence-electron chi connectivity index (χ4n) is 3.16. The van der Waals surface area contributed by atoms with Crippen molar-refractivity contribution < 1.29 is 4.79 Å². The van der Waals surface area contributed by atoms with Gasteiger partial charge in [0.1, 0.15) is 0 Å². The highest BCUT2D eigenvalue weighted by molar-refractivity contribution is 8.18. The van der Waals surface area contributed by atoms with Crippen LogP contribution in [0.25, 0.3) is 6.08 Å². The third kappa shape index (κ3) is 3.19. The molecule has 0 atom stereocenters. The third-order valence-corrected chi connectivity index (χ3v) is 6.13. The van der Waals surface area contributed by atoms with E-state index in [1.807, 2.05) is 58.8 Å². The van der Waals surface area contributed by atoms with Crippen molar-refractivity contribution in [3.05, 3.63) is 57.6 Å². The van der Waals surface area contributed by atoms with Crippen molar-refractivity contribution in [2.75, 3.05) is 0 Å². The van der Waals surface area contributed by atoms with Crippen LogP contribution in [0, 0.1) is 0 Å². The van der Waals surface area contributed by atoms with E-state index in [2.05, 4.69) is 0 Å². The lowest BCUT2D eigenvalue weighted by Gasteiger charge is -2.22. The minimum absolute atomic E-state index is 0.106. The molecule has 0 bridgehead atoms. The predicted molar refractivity (Wildman–Crippen MR) is 103 cm³/mol. The summed E-state index contributed by atoms with van der Waals surface area (Å²) >= 11 is 3.15. The van der Waals surface area contributed by atoms with Gasteiger partial charge in [-0.1, -0.05) is 37.1 Å². The number of nitrogens with zero attached hydrogens (tertiary/aromatic N) is 2. The second-order valence-corrected chi connectivity index (χ2v) is 7.96. The van der Waals surface area contributed by atoms with E-state index in [0.717, 1.165) is 33.5 Å². The Labute approximate surface area is 150 Å². The maximum absolute atomic E-state index is 13.0. The van der Waals surface area contributed by atoms with Crippen LogP contribution in [0.1, 0.15) is 30.6 Å². The van der Waals surface area contributed by atoms with Crippen LogP contribution >= 0.6 is 23.1 Å². The molecule has 1 aliphatic carbocycles. The molecule has 1 amide bonds. The first-order chi connectivity index (χ1) is 11.8. The molecule has 4 rings (SSSR count). The van der Waals surface area contributed by atoms with Crippen molar-refractivity contribution in [2.45, 2.75) is 31.7 Å². The van der Waals surface area contributed by atoms with Gasteiger partial charge in [0, 0.05) is 10.9 Å². The zero-order valence-corrected chi connectivity index (χ0v) is 14.9. The summed E-state index contributed by atoms with van der Waals surface area (Å²) < 4.78 is 0. The van der Waals surface area contributed by atoms with E-state index in [4.69, 9.17) is 4.99 Å². The molecule has 24 heavy (non-hydrogen) atoms. The first kappa shape index (κ1) is 15.7. The van der Waals surface area contributed by atoms with Crippen LogP contribution < -0.4 is 0 Å². The normalized spacial score (nSPS) is 22.2. The van der Waals surface area contributed by atoms with Crippen LogP contribution in [0.4, 0.5) is 5.69 Å². The molecule has 2 aliphatic rings. The molecule has 1 saturated heterocycles. The fraction of sp³-hybridized carbons (Fsp3) is 0.263. The van der Waals surface area contributed by atoms with E-state index in [1.54, 1.807) is 11.3 Å². The van der Waals surface area contributed by atoms with Crippen molar-refractivity contribution in [3.8, 4) is 0 Å². The van der Waals surface area contributed by atoms with E-state index in [-0.39, 0.29) is 5.91 Å². The number of thiophene rings is 1. The molecule has 2 aromatic rings. The second kappa shape index (κ2) is 6.95. The summed E-state index contributed by atoms with van der Waals surface area (Å²) in [5.74, 6) is 0.106. The molecular formula is C19H18N2OS2. The standard InChI is InChI=1S/C19H18N2OS2/c22-18-17(13-16-11-6-12-23-16)24-19(20-14-7-2-1-3-8-14)21(18)15-9-4-5-10-15/h1-3,6-8,11-13,15H,4-5,9-10H2/b17-13-,20-19?. The van der Waals surface area contributed by atoms with Gasteiger partial charge in [-0.3, -0.25) is 9.69 Å². The van der Waals surface area contributed by atoms with Crippen LogP contribution in [-0.4, -0.2) is 22.0 Å². The Balaban J connectivity index is 1.70. The van der Waals surface area contributed by atoms with Crippen molar-refractivity contribution >= 4 is 45.9 Å². The SMILES string of the molecule is O=C1/C(=C/c2cccs2)SC(=Nc2ccccc2)N1C1CCCC1. The number of amidine groups is 1. The summed E-state index contributed by atoms with van der Waals surface area (Å²) in [6.45, 7) is 0. The van der Waals surface area contributed by atoms with Gasteiger partial charge in [0.2, 0.25) is 0 Å². The van der Waals surface area contributed by atoms with Crippen molar-refractivity contribution in [1.29, 1.82) is 0 Å². The Morgan fingerprint density at radius 3 is 2.58 bits per heavy atom. The average molecular weight is 355 g/mol. The first-order valence-corrected chi connectivity index (χ1v) is 9.91. The lowest BCUT2D eigenvalue weighted by molar-refractivity contribution is -0.123. The van der Waals surface area contributed by atoms with Crippen molar-refractivity contribution in [3.63, 3.8) is 0 Å². The van der Waals surface area contributed by atoms with Gasteiger partial charge in [-0.25, -0.2) is 4.99 Å². The molecule has 5 heteroatoms. The number of thioether (sulfide) groups is 1. The number of benzene rings is 1. The number of amides is 1. The van der Waals surface area contributed by atoms with Crippen molar-refractivity contribution in [2.24, 2.45) is 4.99 Å². The molecule has 1 aliphatic heterocycles. The molecule has 0 radical (unpaired) electrons. The number of carbonyl (C=O) groups is 1. The summed E-state index contributed by atoms with van der Waals surface area (Å²) in [6, 6.07) is 14.2. The summed E-state index contributed by atoms with van der Waals surface area (Å²) in [5.41, 5.74) is 0.896. The van der Waals surface area contributed by atoms with E-state index in [0.29, 0.717) is 6.04 Å². The van der Waals surface area contributed by atoms with E-state index in [9.17, 15) is 4.79 Å². The van der Waals surface area contributed by atoms with Crippen LogP contribution in [0.5, 0.6) is 0 Å². The number of carbonyl (C=O) groups excluding carboxylic acids is 1. The summed E-state index contributed by atoms with van der Waals surface area (Å²) in [6.07, 6.45) is 6.54. The molecule has 1 aromatic heterocycles. The van der Waals surface area contributed by atoms with Gasteiger partial charge in [-0.15, -0.1) is 11.3 Å². The lowest BCUT2D eigenvalue weighted by Crippen LogP contribution is -2.37. The van der Waals surface area contributed by atoms with E-state index < -0.39 is 0 Å². The molecule has 0 unspecified atom stereocenters. The summed E-state index contributed by atoms with van der Waals surface area (Å²) in [7, 11) is 0. The quantitative estimate of drug-likeness (QED) is 0.701. The van der Waals surface area contributed by atoms with Crippen LogP contribution in [0.15, 0.2) is 57.7 Å². The zero-order chi connectivity index (χ0) is 16.4. The predicted octanol–water partition coefficient (Wildman–Crippen LogP) is 5.29. The number of hydrogen-bond donors (Lipinski definition) is 0. The highest BCUT2D eigenvalue weighted by atomic mass is 32.2. The van der Waals surface area contributed by atoms with E-state index in [1.165, 1.54) is 24.6 Å². The summed E-state index contributed by atoms with van der Waals surface area (Å²) in [5, 5.41) is 2.85. The smallest absolute Gasteiger partial charge is 0.267 e. The molecule has 0 spiro atoms. The van der Waals surface area contributed by atoms with E-state index >= 15 is 0 Å². The number of para-hydroxylation sites is 1. The molecule has 1 saturated carbocycles. The Bertz CT molecular complexity index is 775. The third-order valence-electron chi connectivity index (χ3n) is 4.32. The summed E-state index contributed by atoms with van der Waals surface area (Å²) in [4.78, 5) is 21.6. The Morgan fingerprint density at radius 1 is 1.08 bits per heavy atom. The minimum Gasteiger partial charge on any atom is -0.283 e. The molecule has 3 nitrogen and oxygen atoms in total. The fourth-order valence-corrected chi connectivity index (χ4v) is 4.95. The van der Waals surface area contributed by atoms with Gasteiger partial charge >= 0.3 is 0 Å². The number of rotatable bonds is 3. The molecule has 122 valence electrons. The monoisotopic (exact) mass is 354 g/mol. The molecule has 1 aromatic carbocycles. The number of hydrogen-bond acceptors (Lipinski definition) is 4. The van der Waals surface area contributed by atoms with Gasteiger partial charge < -0.3 is 0 Å². The highest BCUT2D eigenvalue weighted by Crippen LogP contribution is 2.39. The van der Waals surface area contributed by atoms with Gasteiger partial charge in [0.15, 0.2) is 5.17 Å². The highest BCUT2D eigenvalue weighted by Gasteiger charge is 2.39. The number of aliphatic imine (C=N–C) groups is 1. The van der Waals surface area contributed by atoms with Gasteiger partial charge in [0.25, 0.3) is 5.91 Å². The zero-order valence-electron chi connectivity index (χ0n) is 13.2. The van der Waals surface area contributed by atoms with Crippen molar-refractivity contribution in [1.82, 2.24) is 4.90 Å². The topological polar surface area (TPSA) is 32.7 Å². The Morgan fingerprint density at radius 2 is 1.88 bits per heavy atom. The lowest BCUT2D eigenvalue weighted by atomic mass is 10.2. The Hall–Kier alpha value is -1.85. The van der Waals surface area contributed by atoms with Crippen LogP contribution in [0.2, 0.25) is 0 Å². The minimum atomic E-state index is 0.106. The Kier molecular flexibility index (Phi) is 4.54. The van der Waals surface area contributed by atoms with Crippen LogP contribution in [-0.2, 0) is 4.79 Å². The average Bonchev–Trinajstić information content (AvgIpc) is 3.32. The molecule has 2 heterocycles. The van der Waals surface area contributed by atoms with Gasteiger partial charge in [-0.05, 0) is 54.3 Å². The first-order valence-electron chi connectivity index (χ1n) is 8.21. The molecule has 0 N–H and O–H groups in total. The molecule has 2 fully saturated rings. The maximum atomic E-state index is 13.0. The van der Waals surface area contributed by atoms with Gasteiger partial charge in [-0.2, -0.15) is 0 Å². The second-order valence-electron chi connectivity index (χ2n) is 5.97. The largest absolute Gasteiger partial charge is 0.283 e. The maximum Gasteiger partial charge on any atom is 0.267 e. The van der Waals surface area contributed by atoms with Crippen LogP contribution in [0.3, 0.4) is 0 Å².